The molecule has 2 N–H and O–H groups in total. The lowest BCUT2D eigenvalue weighted by atomic mass is 10.1. The largest absolute Gasteiger partial charge is 0.465 e. The molecule has 0 bridgehead atoms. The second-order valence-electron chi connectivity index (χ2n) is 4.82. The Labute approximate surface area is 132 Å². The van der Waals surface area contributed by atoms with E-state index in [0.29, 0.717) is 16.6 Å². The van der Waals surface area contributed by atoms with Crippen molar-refractivity contribution in [1.82, 2.24) is 9.55 Å². The van der Waals surface area contributed by atoms with Crippen molar-refractivity contribution in [3.8, 4) is 5.88 Å². The molecule has 0 saturated heterocycles. The minimum absolute atomic E-state index is 0.0730. The Morgan fingerprint density at radius 2 is 2.04 bits per heavy atom. The number of aryl methyl sites for hydroxylation is 1. The van der Waals surface area contributed by atoms with Crippen LogP contribution in [-0.4, -0.2) is 40.4 Å². The molecular weight excluding hydrogens is 302 g/mol. The van der Waals surface area contributed by atoms with Gasteiger partial charge in [-0.1, -0.05) is 0 Å². The summed E-state index contributed by atoms with van der Waals surface area (Å²) in [7, 11) is 1.74. The number of nitrogens with two attached hydrogens (primary N) is 1. The number of carbonyl (C=O) groups is 3. The van der Waals surface area contributed by atoms with Crippen molar-refractivity contribution in [3.63, 3.8) is 0 Å². The van der Waals surface area contributed by atoms with Gasteiger partial charge in [0, 0.05) is 18.9 Å². The van der Waals surface area contributed by atoms with Crippen LogP contribution in [0.2, 0.25) is 0 Å². The van der Waals surface area contributed by atoms with Crippen molar-refractivity contribution in [2.24, 2.45) is 12.8 Å². The van der Waals surface area contributed by atoms with Crippen LogP contribution in [0.15, 0.2) is 12.3 Å². The zero-order valence-electron chi connectivity index (χ0n) is 13.1. The highest BCUT2D eigenvalue weighted by atomic mass is 16.6. The second-order valence-corrected chi connectivity index (χ2v) is 4.82. The van der Waals surface area contributed by atoms with E-state index >= 15 is 0 Å². The van der Waals surface area contributed by atoms with E-state index in [1.807, 2.05) is 0 Å². The number of amides is 1. The Morgan fingerprint density at radius 1 is 1.35 bits per heavy atom. The van der Waals surface area contributed by atoms with Gasteiger partial charge in [-0.3, -0.25) is 9.59 Å². The van der Waals surface area contributed by atoms with Gasteiger partial charge in [-0.05, 0) is 19.9 Å². The molecule has 0 atom stereocenters. The van der Waals surface area contributed by atoms with E-state index in [4.69, 9.17) is 15.2 Å². The van der Waals surface area contributed by atoms with Gasteiger partial charge in [0.1, 0.15) is 0 Å². The smallest absolute Gasteiger partial charge is 0.344 e. The van der Waals surface area contributed by atoms with Crippen molar-refractivity contribution >= 4 is 28.6 Å². The van der Waals surface area contributed by atoms with Crippen LogP contribution in [0, 0.1) is 6.92 Å². The van der Waals surface area contributed by atoms with Crippen LogP contribution >= 0.6 is 0 Å². The molecule has 0 aliphatic heterocycles. The fourth-order valence-electron chi connectivity index (χ4n) is 2.32. The normalized spacial score (nSPS) is 10.6. The fraction of sp³-hybridized carbons (Fsp3) is 0.333. The molecule has 0 aliphatic rings. The molecule has 0 aliphatic carbocycles. The predicted molar refractivity (Wildman–Crippen MR) is 81.1 cm³/mol. The number of ether oxygens (including phenoxy) is 2. The number of hydrogen-bond acceptors (Lipinski definition) is 6. The van der Waals surface area contributed by atoms with Gasteiger partial charge in [-0.25, -0.2) is 9.78 Å². The highest BCUT2D eigenvalue weighted by Gasteiger charge is 2.25. The predicted octanol–water partition coefficient (Wildman–Crippen LogP) is 0.492. The van der Waals surface area contributed by atoms with Crippen LogP contribution < -0.4 is 10.5 Å². The Balaban J connectivity index is 2.54. The molecule has 0 fully saturated rings. The highest BCUT2D eigenvalue weighted by Crippen LogP contribution is 2.31. The van der Waals surface area contributed by atoms with Gasteiger partial charge in [0.2, 0.25) is 5.88 Å². The molecule has 2 heterocycles. The zero-order valence-corrected chi connectivity index (χ0v) is 13.1. The lowest BCUT2D eigenvalue weighted by Gasteiger charge is -2.07. The van der Waals surface area contributed by atoms with Gasteiger partial charge < -0.3 is 19.8 Å². The van der Waals surface area contributed by atoms with E-state index in [-0.39, 0.29) is 24.7 Å². The molecule has 122 valence electrons. The number of fused-ring (bicyclic) bond motifs is 1. The average molecular weight is 319 g/mol. The van der Waals surface area contributed by atoms with Crippen LogP contribution in [0.3, 0.4) is 0 Å². The monoisotopic (exact) mass is 319 g/mol. The summed E-state index contributed by atoms with van der Waals surface area (Å²) in [5.74, 6) is -2.38. The first-order valence-electron chi connectivity index (χ1n) is 6.95. The highest BCUT2D eigenvalue weighted by molar-refractivity contribution is 6.45. The Hall–Kier alpha value is -2.90. The van der Waals surface area contributed by atoms with Crippen LogP contribution in [0.5, 0.6) is 5.88 Å². The SMILES string of the molecule is CCOC(=O)COc1nccc2c1c(C(=O)C(N)=O)c(C)n2C. The van der Waals surface area contributed by atoms with Gasteiger partial charge in [0.05, 0.1) is 23.1 Å². The molecule has 8 nitrogen and oxygen atoms in total. The molecule has 0 radical (unpaired) electrons. The van der Waals surface area contributed by atoms with Crippen LogP contribution in [0.4, 0.5) is 0 Å². The number of ketones is 1. The number of rotatable bonds is 6. The topological polar surface area (TPSA) is 114 Å². The van der Waals surface area contributed by atoms with E-state index < -0.39 is 17.7 Å². The number of hydrogen-bond donors (Lipinski definition) is 1. The molecule has 2 aromatic heterocycles. The quantitative estimate of drug-likeness (QED) is 0.471. The zero-order chi connectivity index (χ0) is 17.1. The van der Waals surface area contributed by atoms with Crippen molar-refractivity contribution < 1.29 is 23.9 Å². The summed E-state index contributed by atoms with van der Waals surface area (Å²) < 4.78 is 11.9. The lowest BCUT2D eigenvalue weighted by Crippen LogP contribution is -2.24. The van der Waals surface area contributed by atoms with Gasteiger partial charge in [-0.2, -0.15) is 0 Å². The number of primary amides is 1. The minimum Gasteiger partial charge on any atom is -0.465 e. The van der Waals surface area contributed by atoms with Crippen molar-refractivity contribution in [2.75, 3.05) is 13.2 Å². The molecule has 0 saturated carbocycles. The molecule has 23 heavy (non-hydrogen) atoms. The molecule has 0 aromatic carbocycles. The third kappa shape index (κ3) is 3.01. The van der Waals surface area contributed by atoms with Crippen molar-refractivity contribution in [3.05, 3.63) is 23.5 Å². The van der Waals surface area contributed by atoms with E-state index in [1.54, 1.807) is 31.5 Å². The van der Waals surface area contributed by atoms with Gasteiger partial charge in [0.15, 0.2) is 6.61 Å². The fourth-order valence-corrected chi connectivity index (χ4v) is 2.32. The lowest BCUT2D eigenvalue weighted by molar-refractivity contribution is -0.145. The van der Waals surface area contributed by atoms with Gasteiger partial charge >= 0.3 is 5.97 Å². The van der Waals surface area contributed by atoms with Crippen LogP contribution in [0.25, 0.3) is 10.9 Å². The van der Waals surface area contributed by atoms with E-state index in [2.05, 4.69) is 4.98 Å². The molecule has 1 amide bonds. The number of carbonyl (C=O) groups excluding carboxylic acids is 3. The summed E-state index contributed by atoms with van der Waals surface area (Å²) >= 11 is 0. The number of aromatic nitrogens is 2. The van der Waals surface area contributed by atoms with E-state index in [1.165, 1.54) is 6.20 Å². The molecule has 2 rings (SSSR count). The first-order valence-corrected chi connectivity index (χ1v) is 6.95. The van der Waals surface area contributed by atoms with Crippen LogP contribution in [-0.2, 0) is 21.4 Å². The third-order valence-corrected chi connectivity index (χ3v) is 3.45. The number of nitrogens with zero attached hydrogens (tertiary/aromatic N) is 2. The Morgan fingerprint density at radius 3 is 2.65 bits per heavy atom. The van der Waals surface area contributed by atoms with Gasteiger partial charge in [-0.15, -0.1) is 0 Å². The van der Waals surface area contributed by atoms with Crippen molar-refractivity contribution in [1.29, 1.82) is 0 Å². The van der Waals surface area contributed by atoms with Crippen LogP contribution in [0.1, 0.15) is 23.0 Å². The Kier molecular flexibility index (Phi) is 4.63. The van der Waals surface area contributed by atoms with E-state index in [9.17, 15) is 14.4 Å². The minimum atomic E-state index is -1.07. The van der Waals surface area contributed by atoms with E-state index in [0.717, 1.165) is 0 Å². The summed E-state index contributed by atoms with van der Waals surface area (Å²) in [5, 5.41) is 0.348. The first kappa shape index (κ1) is 16.5. The van der Waals surface area contributed by atoms with Gasteiger partial charge in [0.25, 0.3) is 11.7 Å². The summed E-state index contributed by atoms with van der Waals surface area (Å²) in [4.78, 5) is 38.9. The number of pyridine rings is 1. The number of Topliss-reactive ketones (excluding diaryl/α,β-unsaturated/α-hetero) is 1. The summed E-state index contributed by atoms with van der Waals surface area (Å²) in [6.45, 7) is 3.25. The molecule has 0 spiro atoms. The average Bonchev–Trinajstić information content (AvgIpc) is 2.77. The maximum absolute atomic E-state index is 12.1. The molecule has 8 heteroatoms. The molecule has 0 unspecified atom stereocenters. The number of esters is 1. The maximum atomic E-state index is 12.1. The summed E-state index contributed by atoms with van der Waals surface area (Å²) in [5.41, 5.74) is 6.44. The Bertz CT molecular complexity index is 794. The summed E-state index contributed by atoms with van der Waals surface area (Å²) in [6, 6.07) is 1.68. The summed E-state index contributed by atoms with van der Waals surface area (Å²) in [6.07, 6.45) is 1.49. The molecule has 2 aromatic rings. The van der Waals surface area contributed by atoms with Crippen molar-refractivity contribution in [2.45, 2.75) is 13.8 Å². The second kappa shape index (κ2) is 6.47. The third-order valence-electron chi connectivity index (χ3n) is 3.45. The maximum Gasteiger partial charge on any atom is 0.344 e. The first-order chi connectivity index (χ1) is 10.9. The molecular formula is C15H17N3O5. The standard InChI is InChI=1S/C15H17N3O5/c1-4-22-10(19)7-23-15-12-9(5-6-17-15)18(3)8(2)11(12)13(20)14(16)21/h5-6H,4,7H2,1-3H3,(H2,16,21).